The van der Waals surface area contributed by atoms with Crippen LogP contribution in [0.25, 0.3) is 0 Å². The molecule has 2 heterocycles. The zero-order chi connectivity index (χ0) is 29.4. The third-order valence-corrected chi connectivity index (χ3v) is 8.40. The summed E-state index contributed by atoms with van der Waals surface area (Å²) in [6.45, 7) is 13.0. The van der Waals surface area contributed by atoms with E-state index >= 15 is 0 Å². The van der Waals surface area contributed by atoms with Gasteiger partial charge in [-0.25, -0.2) is 4.79 Å². The molecular weight excluding hydrogens is 520 g/mol. The molecule has 2 aliphatic heterocycles. The summed E-state index contributed by atoms with van der Waals surface area (Å²) < 4.78 is 13.3. The van der Waals surface area contributed by atoms with Gasteiger partial charge in [0.2, 0.25) is 0 Å². The van der Waals surface area contributed by atoms with Crippen LogP contribution in [0, 0.1) is 18.8 Å². The molecule has 1 unspecified atom stereocenters. The van der Waals surface area contributed by atoms with Gasteiger partial charge >= 0.3 is 5.97 Å². The lowest BCUT2D eigenvalue weighted by atomic mass is 9.76. The Labute approximate surface area is 249 Å². The van der Waals surface area contributed by atoms with Crippen LogP contribution in [0.4, 0.5) is 17.1 Å². The number of carbonyl (C=O) groups is 1. The molecule has 0 fully saturated rings. The van der Waals surface area contributed by atoms with Crippen LogP contribution < -0.4 is 15.0 Å². The minimum Gasteiger partial charge on any atom is -0.456 e. The minimum atomic E-state index is -1.14. The summed E-state index contributed by atoms with van der Waals surface area (Å²) in [5.74, 6) is 2.25. The summed E-state index contributed by atoms with van der Waals surface area (Å²) in [5, 5.41) is 3.58. The van der Waals surface area contributed by atoms with Gasteiger partial charge in [-0.05, 0) is 79.6 Å². The molecule has 0 saturated carbocycles. The monoisotopic (exact) mass is 560 g/mol. The Morgan fingerprint density at radius 3 is 2.19 bits per heavy atom. The number of hydrogen-bond acceptors (Lipinski definition) is 5. The first kappa shape index (κ1) is 27.9. The number of fused-ring (bicyclic) bond motifs is 6. The Morgan fingerprint density at radius 1 is 0.786 bits per heavy atom. The van der Waals surface area contributed by atoms with Gasteiger partial charge in [0, 0.05) is 41.3 Å². The van der Waals surface area contributed by atoms with E-state index in [4.69, 9.17) is 9.47 Å². The number of esters is 1. The van der Waals surface area contributed by atoms with Crippen molar-refractivity contribution in [2.45, 2.75) is 53.1 Å². The zero-order valence-corrected chi connectivity index (χ0v) is 25.2. The number of nitrogens with one attached hydrogen (secondary N) is 1. The molecule has 0 bridgehead atoms. The lowest BCUT2D eigenvalue weighted by Crippen LogP contribution is -2.37. The third-order valence-electron chi connectivity index (χ3n) is 8.40. The lowest BCUT2D eigenvalue weighted by Gasteiger charge is -2.40. The minimum absolute atomic E-state index is 0.312. The van der Waals surface area contributed by atoms with E-state index < -0.39 is 5.60 Å². The van der Waals surface area contributed by atoms with E-state index in [1.165, 1.54) is 0 Å². The summed E-state index contributed by atoms with van der Waals surface area (Å²) in [7, 11) is 0. The van der Waals surface area contributed by atoms with Gasteiger partial charge in [0.15, 0.2) is 5.60 Å². The molecule has 5 nitrogen and oxygen atoms in total. The van der Waals surface area contributed by atoms with Crippen molar-refractivity contribution < 1.29 is 14.3 Å². The van der Waals surface area contributed by atoms with E-state index in [9.17, 15) is 4.79 Å². The fourth-order valence-corrected chi connectivity index (χ4v) is 6.11. The first-order valence-corrected chi connectivity index (χ1v) is 15.1. The Hall–Kier alpha value is -4.25. The normalized spacial score (nSPS) is 16.6. The summed E-state index contributed by atoms with van der Waals surface area (Å²) in [6.07, 6.45) is 2.12. The van der Waals surface area contributed by atoms with Crippen LogP contribution in [0.15, 0.2) is 84.9 Å². The van der Waals surface area contributed by atoms with Crippen LogP contribution in [-0.2, 0) is 10.3 Å². The second kappa shape index (κ2) is 11.2. The maximum Gasteiger partial charge on any atom is 0.340 e. The third kappa shape index (κ3) is 4.91. The summed E-state index contributed by atoms with van der Waals surface area (Å²) in [6, 6.07) is 28.3. The quantitative estimate of drug-likeness (QED) is 0.207. The largest absolute Gasteiger partial charge is 0.456 e. The van der Waals surface area contributed by atoms with E-state index in [-0.39, 0.29) is 5.97 Å². The molecule has 42 heavy (non-hydrogen) atoms. The molecule has 4 aromatic carbocycles. The summed E-state index contributed by atoms with van der Waals surface area (Å²) >= 11 is 0. The zero-order valence-electron chi connectivity index (χ0n) is 25.2. The molecule has 0 amide bonds. The Kier molecular flexibility index (Phi) is 7.44. The van der Waals surface area contributed by atoms with Crippen LogP contribution in [0.3, 0.4) is 0 Å². The van der Waals surface area contributed by atoms with Crippen LogP contribution in [0.1, 0.15) is 73.1 Å². The van der Waals surface area contributed by atoms with Crippen molar-refractivity contribution >= 4 is 23.0 Å². The number of benzene rings is 4. The highest BCUT2D eigenvalue weighted by molar-refractivity contribution is 5.97. The number of aryl methyl sites for hydroxylation is 1. The summed E-state index contributed by atoms with van der Waals surface area (Å²) in [5.41, 5.74) is 6.08. The standard InChI is InChI=1S/C37H40N2O3/c1-24(2)18-20-39(21-19-25(3)4)32-16-11-17-33-35(32)37(29-15-10-9-14-28(29)36(40)42-37)30-23-31(26(5)22-34(30)41-33)38-27-12-7-6-8-13-27/h6-17,22-25,38H,18-21H2,1-5H3. The number of ether oxygens (including phenoxy) is 2. The van der Waals surface area contributed by atoms with Gasteiger partial charge in [-0.15, -0.1) is 0 Å². The molecule has 0 radical (unpaired) electrons. The first-order chi connectivity index (χ1) is 20.3. The molecule has 5 heteroatoms. The SMILES string of the molecule is Cc1cc2c(cc1Nc1ccccc1)C1(OC(=O)c3ccccc31)c1c(cccc1N(CCC(C)C)CCC(C)C)O2. The molecule has 6 rings (SSSR count). The van der Waals surface area contributed by atoms with Gasteiger partial charge in [0.1, 0.15) is 11.5 Å². The van der Waals surface area contributed by atoms with Gasteiger partial charge in [0.25, 0.3) is 0 Å². The number of nitrogens with zero attached hydrogens (tertiary/aromatic N) is 1. The predicted octanol–water partition coefficient (Wildman–Crippen LogP) is 9.21. The van der Waals surface area contributed by atoms with Gasteiger partial charge in [0.05, 0.1) is 11.1 Å². The number of rotatable bonds is 9. The van der Waals surface area contributed by atoms with Crippen molar-refractivity contribution in [3.8, 4) is 11.5 Å². The van der Waals surface area contributed by atoms with Gasteiger partial charge in [-0.1, -0.05) is 70.2 Å². The molecule has 2 aliphatic rings. The lowest BCUT2D eigenvalue weighted by molar-refractivity contribution is 0.0226. The second-order valence-corrected chi connectivity index (χ2v) is 12.4. The highest BCUT2D eigenvalue weighted by Gasteiger charge is 2.55. The number of hydrogen-bond donors (Lipinski definition) is 1. The molecule has 0 aliphatic carbocycles. The summed E-state index contributed by atoms with van der Waals surface area (Å²) in [4.78, 5) is 16.1. The van der Waals surface area contributed by atoms with Gasteiger partial charge < -0.3 is 19.7 Å². The number of carbonyl (C=O) groups excluding carboxylic acids is 1. The van der Waals surface area contributed by atoms with Crippen LogP contribution in [0.5, 0.6) is 11.5 Å². The van der Waals surface area contributed by atoms with Crippen molar-refractivity contribution in [2.75, 3.05) is 23.3 Å². The molecular formula is C37H40N2O3. The topological polar surface area (TPSA) is 50.8 Å². The van der Waals surface area contributed by atoms with E-state index in [0.717, 1.165) is 71.0 Å². The highest BCUT2D eigenvalue weighted by atomic mass is 16.6. The average molecular weight is 561 g/mol. The van der Waals surface area contributed by atoms with Crippen molar-refractivity contribution in [3.05, 3.63) is 113 Å². The maximum atomic E-state index is 13.6. The Balaban J connectivity index is 1.58. The van der Waals surface area contributed by atoms with Gasteiger partial charge in [-0.3, -0.25) is 0 Å². The number of anilines is 3. The fourth-order valence-electron chi connectivity index (χ4n) is 6.11. The highest BCUT2D eigenvalue weighted by Crippen LogP contribution is 2.59. The Morgan fingerprint density at radius 2 is 1.48 bits per heavy atom. The predicted molar refractivity (Wildman–Crippen MR) is 170 cm³/mol. The van der Waals surface area contributed by atoms with Crippen molar-refractivity contribution in [1.82, 2.24) is 0 Å². The smallest absolute Gasteiger partial charge is 0.340 e. The van der Waals surface area contributed by atoms with Crippen molar-refractivity contribution in [3.63, 3.8) is 0 Å². The van der Waals surface area contributed by atoms with E-state index in [1.807, 2.05) is 60.7 Å². The van der Waals surface area contributed by atoms with Crippen molar-refractivity contribution in [1.29, 1.82) is 0 Å². The van der Waals surface area contributed by atoms with E-state index in [0.29, 0.717) is 23.1 Å². The van der Waals surface area contributed by atoms with E-state index in [2.05, 4.69) is 69.1 Å². The molecule has 1 spiro atoms. The van der Waals surface area contributed by atoms with Crippen LogP contribution in [-0.4, -0.2) is 19.1 Å². The first-order valence-electron chi connectivity index (χ1n) is 15.1. The second-order valence-electron chi connectivity index (χ2n) is 12.4. The van der Waals surface area contributed by atoms with Crippen LogP contribution >= 0.6 is 0 Å². The van der Waals surface area contributed by atoms with E-state index in [1.54, 1.807) is 0 Å². The molecule has 216 valence electrons. The molecule has 0 saturated heterocycles. The molecule has 0 aromatic heterocycles. The van der Waals surface area contributed by atoms with Crippen molar-refractivity contribution in [2.24, 2.45) is 11.8 Å². The Bertz CT molecular complexity index is 1600. The maximum absolute atomic E-state index is 13.6. The fraction of sp³-hybridized carbons (Fsp3) is 0.324. The van der Waals surface area contributed by atoms with Gasteiger partial charge in [-0.2, -0.15) is 0 Å². The molecule has 1 N–H and O–H groups in total. The number of para-hydroxylation sites is 1. The molecule has 4 aromatic rings. The van der Waals surface area contributed by atoms with Crippen LogP contribution in [0.2, 0.25) is 0 Å². The molecule has 1 atom stereocenters. The average Bonchev–Trinajstić information content (AvgIpc) is 3.26.